The van der Waals surface area contributed by atoms with Crippen molar-refractivity contribution in [3.05, 3.63) is 0 Å². The number of aliphatic hydroxyl groups excluding tert-OH is 1. The molecule has 0 aromatic carbocycles. The summed E-state index contributed by atoms with van der Waals surface area (Å²) < 4.78 is 0. The van der Waals surface area contributed by atoms with Crippen molar-refractivity contribution in [3.63, 3.8) is 0 Å². The highest BCUT2D eigenvalue weighted by atomic mass is 16.4. The molecule has 0 saturated heterocycles. The molecule has 0 rings (SSSR count). The maximum atomic E-state index is 10.1. The first kappa shape index (κ1) is 9.39. The van der Waals surface area contributed by atoms with E-state index in [1.54, 1.807) is 6.92 Å². The number of aliphatic hydroxyl groups is 1. The second-order valence-corrected chi connectivity index (χ2v) is 2.38. The van der Waals surface area contributed by atoms with E-state index in [0.29, 0.717) is 0 Å². The topological polar surface area (TPSA) is 83.5 Å². The van der Waals surface area contributed by atoms with Gasteiger partial charge in [0.15, 0.2) is 0 Å². The van der Waals surface area contributed by atoms with Crippen LogP contribution in [0.3, 0.4) is 0 Å². The number of carboxylic acids is 1. The lowest BCUT2D eigenvalue weighted by Gasteiger charge is -2.13. The average Bonchev–Trinajstić information content (AvgIpc) is 1.85. The molecule has 10 heavy (non-hydrogen) atoms. The van der Waals surface area contributed by atoms with Gasteiger partial charge in [-0.05, 0) is 5.92 Å². The SMILES string of the molecule is C[C@H](CC(=O)O)[C@H](O)CN. The molecule has 4 heteroatoms. The summed E-state index contributed by atoms with van der Waals surface area (Å²) in [7, 11) is 0. The fraction of sp³-hybridized carbons (Fsp3) is 0.833. The third-order valence-corrected chi connectivity index (χ3v) is 1.39. The highest BCUT2D eigenvalue weighted by Crippen LogP contribution is 2.06. The largest absolute Gasteiger partial charge is 0.481 e. The molecule has 4 N–H and O–H groups in total. The highest BCUT2D eigenvalue weighted by molar-refractivity contribution is 5.67. The van der Waals surface area contributed by atoms with Crippen molar-refractivity contribution in [3.8, 4) is 0 Å². The molecule has 2 atom stereocenters. The van der Waals surface area contributed by atoms with E-state index in [4.69, 9.17) is 15.9 Å². The second kappa shape index (κ2) is 4.24. The zero-order valence-electron chi connectivity index (χ0n) is 5.95. The van der Waals surface area contributed by atoms with Crippen LogP contribution in [0.5, 0.6) is 0 Å². The van der Waals surface area contributed by atoms with Crippen molar-refractivity contribution in [1.82, 2.24) is 0 Å². The smallest absolute Gasteiger partial charge is 0.303 e. The fourth-order valence-corrected chi connectivity index (χ4v) is 0.644. The molecule has 0 unspecified atom stereocenters. The van der Waals surface area contributed by atoms with E-state index in [9.17, 15) is 4.79 Å². The molecule has 4 nitrogen and oxygen atoms in total. The van der Waals surface area contributed by atoms with Crippen LogP contribution in [0.25, 0.3) is 0 Å². The number of carbonyl (C=O) groups is 1. The minimum absolute atomic E-state index is 0.0294. The summed E-state index contributed by atoms with van der Waals surface area (Å²) in [6.07, 6.45) is -0.727. The van der Waals surface area contributed by atoms with Gasteiger partial charge in [0, 0.05) is 6.54 Å². The van der Waals surface area contributed by atoms with Crippen LogP contribution in [0.1, 0.15) is 13.3 Å². The Morgan fingerprint density at radius 3 is 2.50 bits per heavy atom. The van der Waals surface area contributed by atoms with Gasteiger partial charge in [-0.2, -0.15) is 0 Å². The van der Waals surface area contributed by atoms with Gasteiger partial charge in [-0.25, -0.2) is 0 Å². The molecule has 0 fully saturated rings. The van der Waals surface area contributed by atoms with Crippen molar-refractivity contribution >= 4 is 5.97 Å². The Morgan fingerprint density at radius 1 is 1.70 bits per heavy atom. The second-order valence-electron chi connectivity index (χ2n) is 2.38. The molecule has 0 aliphatic heterocycles. The molecule has 0 amide bonds. The summed E-state index contributed by atoms with van der Waals surface area (Å²) >= 11 is 0. The molecule has 0 aromatic heterocycles. The minimum Gasteiger partial charge on any atom is -0.481 e. The third-order valence-electron chi connectivity index (χ3n) is 1.39. The van der Waals surface area contributed by atoms with Crippen molar-refractivity contribution < 1.29 is 15.0 Å². The number of carboxylic acid groups (broad SMARTS) is 1. The van der Waals surface area contributed by atoms with Crippen LogP contribution >= 0.6 is 0 Å². The Morgan fingerprint density at radius 2 is 2.20 bits per heavy atom. The van der Waals surface area contributed by atoms with E-state index < -0.39 is 12.1 Å². The first-order valence-electron chi connectivity index (χ1n) is 3.17. The quantitative estimate of drug-likeness (QED) is 0.496. The Bertz CT molecular complexity index is 116. The fourth-order valence-electron chi connectivity index (χ4n) is 0.644. The van der Waals surface area contributed by atoms with Crippen molar-refractivity contribution in [2.75, 3.05) is 6.54 Å². The minimum atomic E-state index is -0.903. The number of aliphatic carboxylic acids is 1. The van der Waals surface area contributed by atoms with Crippen LogP contribution < -0.4 is 5.73 Å². The Hall–Kier alpha value is -0.610. The molecule has 0 aliphatic rings. The molecule has 0 bridgehead atoms. The Kier molecular flexibility index (Phi) is 3.99. The Balaban J connectivity index is 3.61. The van der Waals surface area contributed by atoms with Gasteiger partial charge in [-0.1, -0.05) is 6.92 Å². The third kappa shape index (κ3) is 3.42. The van der Waals surface area contributed by atoms with E-state index in [1.165, 1.54) is 0 Å². The molecule has 0 aliphatic carbocycles. The summed E-state index contributed by atoms with van der Waals surface area (Å²) in [6, 6.07) is 0. The average molecular weight is 147 g/mol. The summed E-state index contributed by atoms with van der Waals surface area (Å²) in [6.45, 7) is 1.78. The first-order chi connectivity index (χ1) is 4.57. The molecular weight excluding hydrogens is 134 g/mol. The maximum absolute atomic E-state index is 10.1. The van der Waals surface area contributed by atoms with Crippen LogP contribution in [-0.2, 0) is 4.79 Å². The number of nitrogens with two attached hydrogens (primary N) is 1. The van der Waals surface area contributed by atoms with Gasteiger partial charge in [-0.15, -0.1) is 0 Å². The van der Waals surface area contributed by atoms with Gasteiger partial charge < -0.3 is 15.9 Å². The molecule has 0 radical (unpaired) electrons. The van der Waals surface area contributed by atoms with E-state index in [1.807, 2.05) is 0 Å². The summed E-state index contributed by atoms with van der Waals surface area (Å²) in [4.78, 5) is 10.1. The highest BCUT2D eigenvalue weighted by Gasteiger charge is 2.14. The molecular formula is C6H13NO3. The van der Waals surface area contributed by atoms with Crippen molar-refractivity contribution in [2.24, 2.45) is 11.7 Å². The van der Waals surface area contributed by atoms with Crippen molar-refractivity contribution in [1.29, 1.82) is 0 Å². The normalized spacial score (nSPS) is 16.3. The zero-order valence-corrected chi connectivity index (χ0v) is 5.95. The number of hydrogen-bond acceptors (Lipinski definition) is 3. The van der Waals surface area contributed by atoms with Gasteiger partial charge in [-0.3, -0.25) is 4.79 Å². The molecule has 60 valence electrons. The molecule has 0 aromatic rings. The van der Waals surface area contributed by atoms with E-state index >= 15 is 0 Å². The van der Waals surface area contributed by atoms with Crippen LogP contribution in [0.4, 0.5) is 0 Å². The lowest BCUT2D eigenvalue weighted by Crippen LogP contribution is -2.28. The summed E-state index contributed by atoms with van der Waals surface area (Å²) in [5.74, 6) is -1.16. The van der Waals surface area contributed by atoms with E-state index in [2.05, 4.69) is 0 Å². The first-order valence-corrected chi connectivity index (χ1v) is 3.17. The Labute approximate surface area is 59.7 Å². The van der Waals surface area contributed by atoms with Gasteiger partial charge in [0.25, 0.3) is 0 Å². The standard InChI is InChI=1S/C6H13NO3/c1-4(2-6(9)10)5(8)3-7/h4-5,8H,2-3,7H2,1H3,(H,9,10)/t4-,5-/m1/s1. The van der Waals surface area contributed by atoms with Gasteiger partial charge in [0.2, 0.25) is 0 Å². The predicted molar refractivity (Wildman–Crippen MR) is 36.5 cm³/mol. The monoisotopic (exact) mass is 147 g/mol. The number of hydrogen-bond donors (Lipinski definition) is 3. The molecule has 0 heterocycles. The van der Waals surface area contributed by atoms with Crippen molar-refractivity contribution in [2.45, 2.75) is 19.4 Å². The van der Waals surface area contributed by atoms with Gasteiger partial charge in [0.1, 0.15) is 0 Å². The molecule has 0 saturated carbocycles. The van der Waals surface area contributed by atoms with Gasteiger partial charge in [0.05, 0.1) is 12.5 Å². The lowest BCUT2D eigenvalue weighted by molar-refractivity contribution is -0.138. The van der Waals surface area contributed by atoms with Crippen LogP contribution in [-0.4, -0.2) is 28.8 Å². The van der Waals surface area contributed by atoms with E-state index in [-0.39, 0.29) is 18.9 Å². The zero-order chi connectivity index (χ0) is 8.15. The van der Waals surface area contributed by atoms with Gasteiger partial charge >= 0.3 is 5.97 Å². The van der Waals surface area contributed by atoms with Crippen LogP contribution in [0.15, 0.2) is 0 Å². The number of rotatable bonds is 4. The summed E-state index contributed by atoms with van der Waals surface area (Å²) in [5, 5.41) is 17.3. The summed E-state index contributed by atoms with van der Waals surface area (Å²) in [5.41, 5.74) is 5.11. The molecule has 0 spiro atoms. The van der Waals surface area contributed by atoms with E-state index in [0.717, 1.165) is 0 Å². The maximum Gasteiger partial charge on any atom is 0.303 e. The predicted octanol–water partition coefficient (Wildman–Crippen LogP) is -0.583. The van der Waals surface area contributed by atoms with Crippen LogP contribution in [0, 0.1) is 5.92 Å². The van der Waals surface area contributed by atoms with Crippen LogP contribution in [0.2, 0.25) is 0 Å². The lowest BCUT2D eigenvalue weighted by atomic mass is 10.0.